The fourth-order valence-electron chi connectivity index (χ4n) is 1.45. The van der Waals surface area contributed by atoms with E-state index in [-0.39, 0.29) is 18.7 Å². The lowest BCUT2D eigenvalue weighted by Crippen LogP contribution is -1.85. The second-order valence-electron chi connectivity index (χ2n) is 3.72. The normalized spacial score (nSPS) is 13.1. The van der Waals surface area contributed by atoms with Gasteiger partial charge < -0.3 is 15.7 Å². The van der Waals surface area contributed by atoms with Crippen molar-refractivity contribution >= 4 is 0 Å². The first-order valence-corrected chi connectivity index (χ1v) is 6.13. The van der Waals surface area contributed by atoms with Gasteiger partial charge in [-0.25, -0.2) is 0 Å². The van der Waals surface area contributed by atoms with Crippen molar-refractivity contribution in [2.45, 2.75) is 38.5 Å². The molecule has 0 radical (unpaired) electrons. The monoisotopic (exact) mass is 242 g/mol. The average Bonchev–Trinajstić information content (AvgIpc) is 2.44. The van der Waals surface area contributed by atoms with Gasteiger partial charge in [-0.1, -0.05) is 74.9 Å². The third-order valence-electron chi connectivity index (χ3n) is 2.27. The molecule has 1 fully saturated rings. The molecule has 17 heavy (non-hydrogen) atoms. The number of benzene rings is 1. The molecule has 100 valence electrons. The summed E-state index contributed by atoms with van der Waals surface area (Å²) in [5.74, 6) is 0. The zero-order valence-electron chi connectivity index (χ0n) is 10.5. The predicted octanol–water partition coefficient (Wildman–Crippen LogP) is 2.17. The number of hydrogen-bond acceptors (Lipinski definition) is 2. The minimum absolute atomic E-state index is 0. The standard InChI is InChI=1S/C6H12.C6H6.C2H6O2.H2O/c2*1-2-4-6-5-3-1;3-1-2-4;/h1-6H2;1-6H;3-4H,1-2H2;1H2. The molecule has 1 aromatic carbocycles. The fourth-order valence-corrected chi connectivity index (χ4v) is 1.45. The third-order valence-corrected chi connectivity index (χ3v) is 2.27. The number of rotatable bonds is 1. The summed E-state index contributed by atoms with van der Waals surface area (Å²) in [5, 5.41) is 15.2. The highest BCUT2D eigenvalue weighted by Crippen LogP contribution is 2.15. The van der Waals surface area contributed by atoms with Crippen LogP contribution in [0.3, 0.4) is 0 Å². The lowest BCUT2D eigenvalue weighted by atomic mass is 10.0. The van der Waals surface area contributed by atoms with E-state index in [0.29, 0.717) is 0 Å². The average molecular weight is 242 g/mol. The van der Waals surface area contributed by atoms with Gasteiger partial charge in [0, 0.05) is 0 Å². The van der Waals surface area contributed by atoms with Crippen LogP contribution in [0.5, 0.6) is 0 Å². The van der Waals surface area contributed by atoms with Crippen molar-refractivity contribution in [1.82, 2.24) is 0 Å². The lowest BCUT2D eigenvalue weighted by molar-refractivity contribution is 0.186. The Hall–Kier alpha value is -0.900. The van der Waals surface area contributed by atoms with Crippen LogP contribution >= 0.6 is 0 Å². The Morgan fingerprint density at radius 2 is 0.706 bits per heavy atom. The highest BCUT2D eigenvalue weighted by Gasteiger charge is 1.95. The number of hydrogen-bond donors (Lipinski definition) is 2. The second-order valence-corrected chi connectivity index (χ2v) is 3.72. The Morgan fingerprint density at radius 1 is 0.529 bits per heavy atom. The van der Waals surface area contributed by atoms with Crippen molar-refractivity contribution in [2.24, 2.45) is 0 Å². The highest BCUT2D eigenvalue weighted by molar-refractivity contribution is 4.99. The van der Waals surface area contributed by atoms with Crippen LogP contribution in [0, 0.1) is 0 Å². The summed E-state index contributed by atoms with van der Waals surface area (Å²) in [6, 6.07) is 12.0. The Morgan fingerprint density at radius 3 is 0.824 bits per heavy atom. The third kappa shape index (κ3) is 17.7. The molecular weight excluding hydrogens is 216 g/mol. The minimum Gasteiger partial charge on any atom is -0.412 e. The smallest absolute Gasteiger partial charge is 0.0662 e. The van der Waals surface area contributed by atoms with E-state index in [0.717, 1.165) is 0 Å². The molecule has 4 N–H and O–H groups in total. The molecule has 2 rings (SSSR count). The first-order chi connectivity index (χ1) is 7.91. The lowest BCUT2D eigenvalue weighted by Gasteiger charge is -2.05. The van der Waals surface area contributed by atoms with Gasteiger partial charge in [0.05, 0.1) is 13.2 Å². The van der Waals surface area contributed by atoms with Gasteiger partial charge in [0.25, 0.3) is 0 Å². The van der Waals surface area contributed by atoms with Gasteiger partial charge in [-0.2, -0.15) is 0 Å². The first kappa shape index (κ1) is 18.5. The van der Waals surface area contributed by atoms with Crippen molar-refractivity contribution in [3.8, 4) is 0 Å². The van der Waals surface area contributed by atoms with Crippen molar-refractivity contribution in [1.29, 1.82) is 0 Å². The first-order valence-electron chi connectivity index (χ1n) is 6.13. The summed E-state index contributed by atoms with van der Waals surface area (Å²) in [4.78, 5) is 0. The van der Waals surface area contributed by atoms with Crippen LogP contribution in [0.1, 0.15) is 38.5 Å². The Labute approximate surface area is 104 Å². The zero-order valence-corrected chi connectivity index (χ0v) is 10.5. The van der Waals surface area contributed by atoms with E-state index in [1.165, 1.54) is 38.5 Å². The summed E-state index contributed by atoms with van der Waals surface area (Å²) in [6.45, 7) is -0.250. The van der Waals surface area contributed by atoms with Gasteiger partial charge in [-0.15, -0.1) is 0 Å². The fraction of sp³-hybridized carbons (Fsp3) is 0.571. The molecule has 0 bridgehead atoms. The molecule has 0 aliphatic heterocycles. The quantitative estimate of drug-likeness (QED) is 0.792. The SMILES string of the molecule is C1CCCCC1.O.OCCO.c1ccccc1. The molecule has 0 heterocycles. The van der Waals surface area contributed by atoms with Crippen LogP contribution < -0.4 is 0 Å². The van der Waals surface area contributed by atoms with Crippen LogP contribution in [0.15, 0.2) is 36.4 Å². The van der Waals surface area contributed by atoms with E-state index in [4.69, 9.17) is 10.2 Å². The summed E-state index contributed by atoms with van der Waals surface area (Å²) < 4.78 is 0. The minimum atomic E-state index is -0.125. The van der Waals surface area contributed by atoms with Gasteiger partial charge in [0.2, 0.25) is 0 Å². The van der Waals surface area contributed by atoms with Crippen molar-refractivity contribution in [3.63, 3.8) is 0 Å². The maximum absolute atomic E-state index is 7.62. The molecule has 1 aromatic rings. The van der Waals surface area contributed by atoms with Crippen molar-refractivity contribution < 1.29 is 15.7 Å². The zero-order chi connectivity index (χ0) is 11.9. The molecule has 3 heteroatoms. The maximum Gasteiger partial charge on any atom is 0.0662 e. The molecule has 0 saturated heterocycles. The molecule has 0 aromatic heterocycles. The van der Waals surface area contributed by atoms with Crippen LogP contribution in [0.25, 0.3) is 0 Å². The maximum atomic E-state index is 7.62. The Bertz CT molecular complexity index is 158. The van der Waals surface area contributed by atoms with Crippen LogP contribution in [-0.4, -0.2) is 28.9 Å². The molecular formula is C14H26O3. The van der Waals surface area contributed by atoms with Crippen molar-refractivity contribution in [2.75, 3.05) is 13.2 Å². The van der Waals surface area contributed by atoms with E-state index in [1.807, 2.05) is 36.4 Å². The number of aliphatic hydroxyl groups is 2. The van der Waals surface area contributed by atoms with Crippen molar-refractivity contribution in [3.05, 3.63) is 36.4 Å². The van der Waals surface area contributed by atoms with Gasteiger partial charge in [0.1, 0.15) is 0 Å². The molecule has 1 saturated carbocycles. The Kier molecular flexibility index (Phi) is 19.0. The molecule has 3 nitrogen and oxygen atoms in total. The summed E-state index contributed by atoms with van der Waals surface area (Å²) in [5.41, 5.74) is 0. The highest BCUT2D eigenvalue weighted by atomic mass is 16.3. The van der Waals surface area contributed by atoms with Crippen LogP contribution in [0.4, 0.5) is 0 Å². The van der Waals surface area contributed by atoms with E-state index in [9.17, 15) is 0 Å². The number of aliphatic hydroxyl groups excluding tert-OH is 2. The van der Waals surface area contributed by atoms with E-state index in [2.05, 4.69) is 0 Å². The Balaban J connectivity index is 0. The second kappa shape index (κ2) is 17.5. The van der Waals surface area contributed by atoms with Crippen LogP contribution in [-0.2, 0) is 0 Å². The molecule has 0 amide bonds. The van der Waals surface area contributed by atoms with E-state index in [1.54, 1.807) is 0 Å². The molecule has 1 aliphatic rings. The molecule has 0 spiro atoms. The van der Waals surface area contributed by atoms with E-state index < -0.39 is 0 Å². The molecule has 0 atom stereocenters. The van der Waals surface area contributed by atoms with Gasteiger partial charge in [-0.3, -0.25) is 0 Å². The predicted molar refractivity (Wildman–Crippen MR) is 71.9 cm³/mol. The van der Waals surface area contributed by atoms with Crippen LogP contribution in [0.2, 0.25) is 0 Å². The summed E-state index contributed by atoms with van der Waals surface area (Å²) >= 11 is 0. The largest absolute Gasteiger partial charge is 0.412 e. The topological polar surface area (TPSA) is 72.0 Å². The van der Waals surface area contributed by atoms with E-state index >= 15 is 0 Å². The van der Waals surface area contributed by atoms with Gasteiger partial charge in [-0.05, 0) is 0 Å². The molecule has 1 aliphatic carbocycles. The molecule has 0 unspecified atom stereocenters. The summed E-state index contributed by atoms with van der Waals surface area (Å²) in [6.07, 6.45) is 9.00. The van der Waals surface area contributed by atoms with Gasteiger partial charge in [0.15, 0.2) is 0 Å². The van der Waals surface area contributed by atoms with Gasteiger partial charge >= 0.3 is 0 Å². The summed E-state index contributed by atoms with van der Waals surface area (Å²) in [7, 11) is 0.